The van der Waals surface area contributed by atoms with Gasteiger partial charge in [-0.15, -0.1) is 0 Å². The van der Waals surface area contributed by atoms with Crippen LogP contribution in [0.4, 0.5) is 0 Å². The lowest BCUT2D eigenvalue weighted by Crippen LogP contribution is -2.47. The van der Waals surface area contributed by atoms with Crippen molar-refractivity contribution in [2.24, 2.45) is 5.41 Å². The summed E-state index contributed by atoms with van der Waals surface area (Å²) < 4.78 is 55.5. The number of nitrogens with zero attached hydrogens (tertiary/aromatic N) is 1. The second-order valence-corrected chi connectivity index (χ2v) is 9.84. The highest BCUT2D eigenvalue weighted by Crippen LogP contribution is 2.28. The first-order valence-corrected chi connectivity index (χ1v) is 10.9. The lowest BCUT2D eigenvalue weighted by atomic mass is 9.80. The van der Waals surface area contributed by atoms with Gasteiger partial charge in [-0.25, -0.2) is 26.5 Å². The Balaban J connectivity index is 2.12. The van der Waals surface area contributed by atoms with E-state index in [2.05, 4.69) is 15.0 Å². The molecule has 0 unspecified atom stereocenters. The van der Waals surface area contributed by atoms with Crippen LogP contribution in [0.1, 0.15) is 12.8 Å². The number of pyridine rings is 1. The van der Waals surface area contributed by atoms with E-state index in [1.807, 2.05) is 0 Å². The fourth-order valence-electron chi connectivity index (χ4n) is 2.71. The summed E-state index contributed by atoms with van der Waals surface area (Å²) in [7, 11) is -5.62. The first-order chi connectivity index (χ1) is 11.2. The molecule has 10 heteroatoms. The third-order valence-electron chi connectivity index (χ3n) is 4.15. The minimum atomic E-state index is -3.76. The molecule has 8 nitrogen and oxygen atoms in total. The Morgan fingerprint density at radius 2 is 1.92 bits per heavy atom. The predicted octanol–water partition coefficient (Wildman–Crippen LogP) is -0.220. The van der Waals surface area contributed by atoms with E-state index in [0.29, 0.717) is 6.61 Å². The summed E-state index contributed by atoms with van der Waals surface area (Å²) in [6.07, 6.45) is 3.71. The number of aromatic nitrogens is 1. The monoisotopic (exact) mass is 377 g/mol. The van der Waals surface area contributed by atoms with E-state index in [1.165, 1.54) is 12.1 Å². The van der Waals surface area contributed by atoms with Gasteiger partial charge in [0.25, 0.3) is 0 Å². The minimum absolute atomic E-state index is 0.0589. The highest BCUT2D eigenvalue weighted by molar-refractivity contribution is 7.90. The molecule has 1 aromatic heterocycles. The number of piperidine rings is 1. The van der Waals surface area contributed by atoms with Crippen LogP contribution in [0.25, 0.3) is 0 Å². The quantitative estimate of drug-likeness (QED) is 0.675. The van der Waals surface area contributed by atoms with Gasteiger partial charge in [-0.1, -0.05) is 0 Å². The summed E-state index contributed by atoms with van der Waals surface area (Å²) in [4.78, 5) is 3.66. The molecule has 2 rings (SSSR count). The first kappa shape index (κ1) is 19.3. The molecule has 1 fully saturated rings. The van der Waals surface area contributed by atoms with Crippen LogP contribution >= 0.6 is 0 Å². The van der Waals surface area contributed by atoms with Crippen LogP contribution in [-0.2, 0) is 24.6 Å². The molecular weight excluding hydrogens is 354 g/mol. The SMILES string of the molecule is COCC1(CNS(=O)(=O)c2ccc(S(C)(=O)=O)nc2)CCNCC1. The molecule has 1 aromatic rings. The molecule has 0 atom stereocenters. The number of rotatable bonds is 7. The van der Waals surface area contributed by atoms with Crippen molar-refractivity contribution in [3.63, 3.8) is 0 Å². The number of ether oxygens (including phenoxy) is 1. The van der Waals surface area contributed by atoms with E-state index in [0.717, 1.165) is 38.4 Å². The fraction of sp³-hybridized carbons (Fsp3) is 0.643. The van der Waals surface area contributed by atoms with Crippen LogP contribution in [0.5, 0.6) is 0 Å². The summed E-state index contributed by atoms with van der Waals surface area (Å²) in [6.45, 7) is 2.37. The molecular formula is C14H23N3O5S2. The number of nitrogens with one attached hydrogen (secondary N) is 2. The lowest BCUT2D eigenvalue weighted by molar-refractivity contribution is 0.0577. The molecule has 0 aromatic carbocycles. The van der Waals surface area contributed by atoms with Crippen molar-refractivity contribution in [1.82, 2.24) is 15.0 Å². The Morgan fingerprint density at radius 1 is 1.25 bits per heavy atom. The van der Waals surface area contributed by atoms with Gasteiger partial charge in [-0.2, -0.15) is 0 Å². The molecule has 2 N–H and O–H groups in total. The van der Waals surface area contributed by atoms with Crippen molar-refractivity contribution in [2.75, 3.05) is 39.6 Å². The van der Waals surface area contributed by atoms with E-state index in [-0.39, 0.29) is 21.9 Å². The largest absolute Gasteiger partial charge is 0.384 e. The van der Waals surface area contributed by atoms with Gasteiger partial charge in [0.1, 0.15) is 4.90 Å². The van der Waals surface area contributed by atoms with E-state index in [1.54, 1.807) is 7.11 Å². The van der Waals surface area contributed by atoms with Crippen LogP contribution in [0.2, 0.25) is 0 Å². The molecule has 0 radical (unpaired) electrons. The second kappa shape index (κ2) is 7.44. The maximum absolute atomic E-state index is 12.4. The number of hydrogen-bond donors (Lipinski definition) is 2. The van der Waals surface area contributed by atoms with E-state index in [9.17, 15) is 16.8 Å². The lowest BCUT2D eigenvalue weighted by Gasteiger charge is -2.37. The Morgan fingerprint density at radius 3 is 2.42 bits per heavy atom. The number of sulfone groups is 1. The van der Waals surface area contributed by atoms with Crippen molar-refractivity contribution in [1.29, 1.82) is 0 Å². The van der Waals surface area contributed by atoms with Gasteiger partial charge in [-0.05, 0) is 38.1 Å². The molecule has 1 saturated heterocycles. The maximum Gasteiger partial charge on any atom is 0.242 e. The third kappa shape index (κ3) is 4.73. The average Bonchev–Trinajstić information content (AvgIpc) is 2.54. The average molecular weight is 377 g/mol. The Bertz CT molecular complexity index is 749. The maximum atomic E-state index is 12.4. The zero-order valence-corrected chi connectivity index (χ0v) is 15.4. The number of hydrogen-bond acceptors (Lipinski definition) is 7. The van der Waals surface area contributed by atoms with Crippen LogP contribution in [0.15, 0.2) is 28.3 Å². The third-order valence-corrected chi connectivity index (χ3v) is 6.54. The van der Waals surface area contributed by atoms with Crippen molar-refractivity contribution in [3.05, 3.63) is 18.3 Å². The second-order valence-electron chi connectivity index (χ2n) is 6.11. The molecule has 1 aliphatic rings. The fourth-order valence-corrected chi connectivity index (χ4v) is 4.37. The summed E-state index contributed by atoms with van der Waals surface area (Å²) in [5.74, 6) is 0. The highest BCUT2D eigenvalue weighted by atomic mass is 32.2. The molecule has 0 spiro atoms. The van der Waals surface area contributed by atoms with Crippen LogP contribution in [-0.4, -0.2) is 61.4 Å². The normalized spacial score (nSPS) is 18.4. The first-order valence-electron chi connectivity index (χ1n) is 7.54. The molecule has 0 bridgehead atoms. The molecule has 0 saturated carbocycles. The molecule has 136 valence electrons. The summed E-state index contributed by atoms with van der Waals surface area (Å²) in [5.41, 5.74) is -0.243. The number of methoxy groups -OCH3 is 1. The van der Waals surface area contributed by atoms with E-state index < -0.39 is 19.9 Å². The molecule has 0 amide bonds. The smallest absolute Gasteiger partial charge is 0.242 e. The number of sulfonamides is 1. The Kier molecular flexibility index (Phi) is 5.97. The van der Waals surface area contributed by atoms with Crippen LogP contribution in [0.3, 0.4) is 0 Å². The summed E-state index contributed by atoms with van der Waals surface area (Å²) >= 11 is 0. The van der Waals surface area contributed by atoms with Gasteiger partial charge in [0.05, 0.1) is 6.61 Å². The zero-order valence-electron chi connectivity index (χ0n) is 13.8. The van der Waals surface area contributed by atoms with Crippen molar-refractivity contribution in [2.45, 2.75) is 22.8 Å². The zero-order chi connectivity index (χ0) is 17.8. The molecule has 2 heterocycles. The van der Waals surface area contributed by atoms with E-state index in [4.69, 9.17) is 4.74 Å². The van der Waals surface area contributed by atoms with Crippen LogP contribution < -0.4 is 10.0 Å². The van der Waals surface area contributed by atoms with Crippen molar-refractivity contribution in [3.8, 4) is 0 Å². The van der Waals surface area contributed by atoms with Gasteiger partial charge in [0.2, 0.25) is 10.0 Å². The van der Waals surface area contributed by atoms with Crippen molar-refractivity contribution < 1.29 is 21.6 Å². The standard InChI is InChI=1S/C14H23N3O5S2/c1-22-11-14(5-7-15-8-6-14)10-17-24(20,21)12-3-4-13(16-9-12)23(2,18)19/h3-4,9,15,17H,5-8,10-11H2,1-2H3. The topological polar surface area (TPSA) is 114 Å². The van der Waals surface area contributed by atoms with Gasteiger partial charge in [0, 0.05) is 31.5 Å². The molecule has 24 heavy (non-hydrogen) atoms. The summed E-state index contributed by atoms with van der Waals surface area (Å²) in [6, 6.07) is 2.44. The van der Waals surface area contributed by atoms with Gasteiger partial charge in [-0.3, -0.25) is 0 Å². The molecule has 0 aliphatic carbocycles. The predicted molar refractivity (Wildman–Crippen MR) is 88.9 cm³/mol. The minimum Gasteiger partial charge on any atom is -0.384 e. The van der Waals surface area contributed by atoms with Crippen LogP contribution in [0, 0.1) is 5.41 Å². The van der Waals surface area contributed by atoms with E-state index >= 15 is 0 Å². The van der Waals surface area contributed by atoms with Gasteiger partial charge >= 0.3 is 0 Å². The Labute approximate surface area is 143 Å². The Hall–Kier alpha value is -1.07. The highest BCUT2D eigenvalue weighted by Gasteiger charge is 2.33. The van der Waals surface area contributed by atoms with Gasteiger partial charge < -0.3 is 10.1 Å². The molecule has 1 aliphatic heterocycles. The van der Waals surface area contributed by atoms with Gasteiger partial charge in [0.15, 0.2) is 14.9 Å². The van der Waals surface area contributed by atoms with Crippen molar-refractivity contribution >= 4 is 19.9 Å². The summed E-state index contributed by atoms with van der Waals surface area (Å²) in [5, 5.41) is 3.09.